The molecule has 158 valence electrons. The Morgan fingerprint density at radius 3 is 2.50 bits per heavy atom. The van der Waals surface area contributed by atoms with Crippen molar-refractivity contribution in [2.45, 2.75) is 37.1 Å². The van der Waals surface area contributed by atoms with E-state index in [-0.39, 0.29) is 24.5 Å². The summed E-state index contributed by atoms with van der Waals surface area (Å²) < 4.78 is 16.4. The summed E-state index contributed by atoms with van der Waals surface area (Å²) in [5.74, 6) is 0.949. The van der Waals surface area contributed by atoms with Crippen molar-refractivity contribution in [3.63, 3.8) is 0 Å². The quantitative estimate of drug-likeness (QED) is 0.653. The van der Waals surface area contributed by atoms with Crippen molar-refractivity contribution in [3.8, 4) is 11.5 Å². The molecule has 1 saturated carbocycles. The molecule has 0 spiro atoms. The molecule has 6 nitrogen and oxygen atoms in total. The molecule has 1 heterocycles. The first-order valence-electron chi connectivity index (χ1n) is 10.3. The molecule has 30 heavy (non-hydrogen) atoms. The third-order valence-electron chi connectivity index (χ3n) is 6.16. The molecule has 2 fully saturated rings. The molecule has 1 amide bonds. The monoisotopic (exact) mass is 409 g/mol. The average molecular weight is 409 g/mol. The predicted octanol–water partition coefficient (Wildman–Crippen LogP) is 3.64. The standard InChI is InChI=1S/C24H27NO5/c1-28-18-10-11-21(29-2)19(15-18)20-9-6-14-25(20)22(26)16-30-23(27)24(12-13-24)17-7-4-3-5-8-17/h3-5,7-8,10-11,15,20H,6,9,12-14,16H2,1-2H3/t20-/m0/s1. The minimum Gasteiger partial charge on any atom is -0.497 e. The van der Waals surface area contributed by atoms with Gasteiger partial charge in [0.1, 0.15) is 11.5 Å². The van der Waals surface area contributed by atoms with Gasteiger partial charge in [-0.05, 0) is 49.4 Å². The van der Waals surface area contributed by atoms with Crippen LogP contribution in [0.4, 0.5) is 0 Å². The van der Waals surface area contributed by atoms with Gasteiger partial charge in [0.2, 0.25) is 0 Å². The van der Waals surface area contributed by atoms with Gasteiger partial charge in [0.05, 0.1) is 25.7 Å². The van der Waals surface area contributed by atoms with Gasteiger partial charge in [0.15, 0.2) is 6.61 Å². The Balaban J connectivity index is 1.44. The Morgan fingerprint density at radius 1 is 1.07 bits per heavy atom. The van der Waals surface area contributed by atoms with Gasteiger partial charge in [-0.3, -0.25) is 9.59 Å². The lowest BCUT2D eigenvalue weighted by molar-refractivity contribution is -0.154. The summed E-state index contributed by atoms with van der Waals surface area (Å²) in [5, 5.41) is 0. The molecule has 2 aliphatic rings. The molecule has 1 saturated heterocycles. The van der Waals surface area contributed by atoms with Gasteiger partial charge in [-0.15, -0.1) is 0 Å². The summed E-state index contributed by atoms with van der Waals surface area (Å²) in [5.41, 5.74) is 1.29. The summed E-state index contributed by atoms with van der Waals surface area (Å²) in [7, 11) is 3.23. The van der Waals surface area contributed by atoms with E-state index in [1.807, 2.05) is 48.5 Å². The fourth-order valence-corrected chi connectivity index (χ4v) is 4.33. The van der Waals surface area contributed by atoms with Crippen LogP contribution >= 0.6 is 0 Å². The van der Waals surface area contributed by atoms with Gasteiger partial charge < -0.3 is 19.1 Å². The van der Waals surface area contributed by atoms with Crippen LogP contribution in [0, 0.1) is 0 Å². The third kappa shape index (κ3) is 3.74. The third-order valence-corrected chi connectivity index (χ3v) is 6.16. The highest BCUT2D eigenvalue weighted by molar-refractivity contribution is 5.89. The Kier molecular flexibility index (Phi) is 5.66. The summed E-state index contributed by atoms with van der Waals surface area (Å²) in [6.07, 6.45) is 3.24. The van der Waals surface area contributed by atoms with Crippen LogP contribution < -0.4 is 9.47 Å². The zero-order valence-corrected chi connectivity index (χ0v) is 17.4. The number of hydrogen-bond acceptors (Lipinski definition) is 5. The summed E-state index contributed by atoms with van der Waals surface area (Å²) in [6, 6.07) is 15.1. The molecular weight excluding hydrogens is 382 g/mol. The van der Waals surface area contributed by atoms with Gasteiger partial charge in [0, 0.05) is 12.1 Å². The molecule has 0 aromatic heterocycles. The molecule has 0 radical (unpaired) electrons. The molecule has 2 aromatic rings. The van der Waals surface area contributed by atoms with Crippen LogP contribution in [0.15, 0.2) is 48.5 Å². The molecule has 1 aliphatic carbocycles. The van der Waals surface area contributed by atoms with E-state index in [9.17, 15) is 9.59 Å². The molecule has 0 unspecified atom stereocenters. The number of esters is 1. The first-order valence-corrected chi connectivity index (χ1v) is 10.3. The van der Waals surface area contributed by atoms with E-state index >= 15 is 0 Å². The molecule has 0 bridgehead atoms. The van der Waals surface area contributed by atoms with Gasteiger partial charge in [-0.1, -0.05) is 30.3 Å². The SMILES string of the molecule is COc1ccc(OC)c([C@@H]2CCCN2C(=O)COC(=O)C2(c3ccccc3)CC2)c1. The summed E-state index contributed by atoms with van der Waals surface area (Å²) >= 11 is 0. The minimum atomic E-state index is -0.581. The van der Waals surface area contributed by atoms with Crippen molar-refractivity contribution >= 4 is 11.9 Å². The molecule has 0 N–H and O–H groups in total. The fraction of sp³-hybridized carbons (Fsp3) is 0.417. The van der Waals surface area contributed by atoms with Gasteiger partial charge in [-0.25, -0.2) is 0 Å². The van der Waals surface area contributed by atoms with Gasteiger partial charge in [0.25, 0.3) is 5.91 Å². The van der Waals surface area contributed by atoms with Crippen LogP contribution in [-0.4, -0.2) is 44.1 Å². The number of nitrogens with zero attached hydrogens (tertiary/aromatic N) is 1. The number of methoxy groups -OCH3 is 2. The van der Waals surface area contributed by atoms with Crippen LogP contribution in [0.25, 0.3) is 0 Å². The van der Waals surface area contributed by atoms with Crippen molar-refractivity contribution in [2.24, 2.45) is 0 Å². The number of rotatable bonds is 7. The number of benzene rings is 2. The van der Waals surface area contributed by atoms with Crippen LogP contribution in [0.2, 0.25) is 0 Å². The van der Waals surface area contributed by atoms with E-state index in [1.54, 1.807) is 19.1 Å². The molecule has 1 atom stereocenters. The van der Waals surface area contributed by atoms with Crippen molar-refractivity contribution in [1.82, 2.24) is 4.90 Å². The van der Waals surface area contributed by atoms with Crippen LogP contribution in [0.5, 0.6) is 11.5 Å². The number of hydrogen-bond donors (Lipinski definition) is 0. The van der Waals surface area contributed by atoms with E-state index in [0.29, 0.717) is 6.54 Å². The summed E-state index contributed by atoms with van der Waals surface area (Å²) in [6.45, 7) is 0.390. The lowest BCUT2D eigenvalue weighted by Crippen LogP contribution is -2.36. The largest absolute Gasteiger partial charge is 0.497 e. The second-order valence-corrected chi connectivity index (χ2v) is 7.88. The van der Waals surface area contributed by atoms with Crippen molar-refractivity contribution in [3.05, 3.63) is 59.7 Å². The highest BCUT2D eigenvalue weighted by Crippen LogP contribution is 2.49. The summed E-state index contributed by atoms with van der Waals surface area (Å²) in [4.78, 5) is 27.5. The van der Waals surface area contributed by atoms with Crippen LogP contribution in [0.3, 0.4) is 0 Å². The Morgan fingerprint density at radius 2 is 1.83 bits per heavy atom. The fourth-order valence-electron chi connectivity index (χ4n) is 4.33. The first kappa shape index (κ1) is 20.3. The number of amides is 1. The molecule has 2 aromatic carbocycles. The Hall–Kier alpha value is -3.02. The van der Waals surface area contributed by atoms with Crippen molar-refractivity contribution in [1.29, 1.82) is 0 Å². The molecule has 6 heteroatoms. The van der Waals surface area contributed by atoms with Crippen molar-refractivity contribution < 1.29 is 23.8 Å². The second kappa shape index (κ2) is 8.38. The highest BCUT2D eigenvalue weighted by atomic mass is 16.5. The maximum absolute atomic E-state index is 12.9. The minimum absolute atomic E-state index is 0.120. The normalized spacial score (nSPS) is 19.3. The highest BCUT2D eigenvalue weighted by Gasteiger charge is 2.53. The number of likely N-dealkylation sites (tertiary alicyclic amines) is 1. The Labute approximate surface area is 176 Å². The molecule has 4 rings (SSSR count). The lowest BCUT2D eigenvalue weighted by Gasteiger charge is -2.27. The zero-order valence-electron chi connectivity index (χ0n) is 17.4. The van der Waals surface area contributed by atoms with Gasteiger partial charge in [-0.2, -0.15) is 0 Å². The van der Waals surface area contributed by atoms with Crippen LogP contribution in [0.1, 0.15) is 42.9 Å². The second-order valence-electron chi connectivity index (χ2n) is 7.88. The number of ether oxygens (including phenoxy) is 3. The zero-order chi connectivity index (χ0) is 21.1. The topological polar surface area (TPSA) is 65.1 Å². The van der Waals surface area contributed by atoms with E-state index in [1.165, 1.54) is 0 Å². The maximum atomic E-state index is 12.9. The predicted molar refractivity (Wildman–Crippen MR) is 112 cm³/mol. The van der Waals surface area contributed by atoms with E-state index < -0.39 is 5.41 Å². The molecule has 1 aliphatic heterocycles. The van der Waals surface area contributed by atoms with Crippen LogP contribution in [-0.2, 0) is 19.7 Å². The Bertz CT molecular complexity index is 922. The maximum Gasteiger partial charge on any atom is 0.317 e. The molecular formula is C24H27NO5. The van der Waals surface area contributed by atoms with Gasteiger partial charge >= 0.3 is 5.97 Å². The van der Waals surface area contributed by atoms with E-state index in [2.05, 4.69) is 0 Å². The number of carbonyl (C=O) groups excluding carboxylic acids is 2. The average Bonchev–Trinajstić information content (AvgIpc) is 3.47. The smallest absolute Gasteiger partial charge is 0.317 e. The first-order chi connectivity index (χ1) is 14.6. The van der Waals surface area contributed by atoms with E-state index in [0.717, 1.165) is 48.3 Å². The lowest BCUT2D eigenvalue weighted by atomic mass is 9.96. The van der Waals surface area contributed by atoms with Crippen molar-refractivity contribution in [2.75, 3.05) is 27.4 Å². The van der Waals surface area contributed by atoms with E-state index in [4.69, 9.17) is 14.2 Å². The number of carbonyl (C=O) groups is 2.